The van der Waals surface area contributed by atoms with Gasteiger partial charge in [0.1, 0.15) is 0 Å². The van der Waals surface area contributed by atoms with Crippen LogP contribution in [0.1, 0.15) is 30.0 Å². The molecule has 0 amide bonds. The molecule has 0 fully saturated rings. The lowest BCUT2D eigenvalue weighted by molar-refractivity contribution is -0.141. The van der Waals surface area contributed by atoms with E-state index < -0.39 is 0 Å². The minimum atomic E-state index is -0.292. The third kappa shape index (κ3) is 3.49. The highest BCUT2D eigenvalue weighted by Gasteiger charge is 2.25. The first-order chi connectivity index (χ1) is 10.2. The van der Waals surface area contributed by atoms with Crippen molar-refractivity contribution in [3.63, 3.8) is 0 Å². The Morgan fingerprint density at radius 2 is 2.19 bits per heavy atom. The summed E-state index contributed by atoms with van der Waals surface area (Å²) in [7, 11) is 2.98. The van der Waals surface area contributed by atoms with Crippen molar-refractivity contribution in [2.24, 2.45) is 0 Å². The van der Waals surface area contributed by atoms with Gasteiger partial charge < -0.3 is 18.5 Å². The first kappa shape index (κ1) is 15.2. The minimum absolute atomic E-state index is 0.127. The molecule has 21 heavy (non-hydrogen) atoms. The van der Waals surface area contributed by atoms with Gasteiger partial charge >= 0.3 is 5.97 Å². The Balaban J connectivity index is 2.25. The molecule has 1 atom stereocenters. The van der Waals surface area contributed by atoms with Gasteiger partial charge in [0.2, 0.25) is 11.5 Å². The Hall–Kier alpha value is -2.15. The molecule has 1 unspecified atom stereocenters. The summed E-state index contributed by atoms with van der Waals surface area (Å²) in [6, 6.07) is 1.70. The van der Waals surface area contributed by atoms with E-state index in [0.29, 0.717) is 30.2 Å². The smallest absolute Gasteiger partial charge is 0.306 e. The maximum absolute atomic E-state index is 11.6. The predicted molar refractivity (Wildman–Crippen MR) is 72.6 cm³/mol. The highest BCUT2D eigenvalue weighted by molar-refractivity contribution is 5.70. The molecule has 0 aliphatic rings. The Labute approximate surface area is 122 Å². The van der Waals surface area contributed by atoms with Gasteiger partial charge in [0.15, 0.2) is 0 Å². The van der Waals surface area contributed by atoms with Crippen LogP contribution < -0.4 is 0 Å². The largest absolute Gasteiger partial charge is 0.469 e. The lowest BCUT2D eigenvalue weighted by Gasteiger charge is -2.13. The molecule has 2 aromatic heterocycles. The topological polar surface area (TPSA) is 87.6 Å². The molecule has 0 spiro atoms. The first-order valence-electron chi connectivity index (χ1n) is 6.60. The summed E-state index contributed by atoms with van der Waals surface area (Å²) in [5.41, 5.74) is 1.54. The van der Waals surface area contributed by atoms with Crippen molar-refractivity contribution < 1.29 is 23.3 Å². The van der Waals surface area contributed by atoms with Crippen LogP contribution in [-0.4, -0.2) is 37.1 Å². The molecule has 0 N–H and O–H groups in total. The number of nitrogens with zero attached hydrogens (tertiary/aromatic N) is 2. The predicted octanol–water partition coefficient (Wildman–Crippen LogP) is 2.32. The van der Waals surface area contributed by atoms with Crippen LogP contribution in [0.25, 0.3) is 11.5 Å². The van der Waals surface area contributed by atoms with Crippen molar-refractivity contribution in [2.75, 3.05) is 20.8 Å². The highest BCUT2D eigenvalue weighted by atomic mass is 16.5. The summed E-state index contributed by atoms with van der Waals surface area (Å²) in [5.74, 6) is 0.613. The zero-order valence-electron chi connectivity index (χ0n) is 12.3. The molecule has 2 heterocycles. The third-order valence-electron chi connectivity index (χ3n) is 3.32. The molecule has 2 rings (SSSR count). The summed E-state index contributed by atoms with van der Waals surface area (Å²) in [6.07, 6.45) is 2.41. The minimum Gasteiger partial charge on any atom is -0.469 e. The van der Waals surface area contributed by atoms with Crippen molar-refractivity contribution in [2.45, 2.75) is 25.7 Å². The summed E-state index contributed by atoms with van der Waals surface area (Å²) in [6.45, 7) is 2.40. The monoisotopic (exact) mass is 294 g/mol. The number of methoxy groups -OCH3 is 2. The molecular formula is C14H18N2O5. The third-order valence-corrected chi connectivity index (χ3v) is 3.32. The first-order valence-corrected chi connectivity index (χ1v) is 6.60. The van der Waals surface area contributed by atoms with Crippen LogP contribution >= 0.6 is 0 Å². The second kappa shape index (κ2) is 7.03. The normalized spacial score (nSPS) is 12.3. The van der Waals surface area contributed by atoms with Crippen LogP contribution in [0.15, 0.2) is 21.3 Å². The van der Waals surface area contributed by atoms with Crippen LogP contribution in [0.4, 0.5) is 0 Å². The number of carbonyl (C=O) groups is 1. The number of esters is 1. The van der Waals surface area contributed by atoms with Crippen LogP contribution in [0, 0.1) is 6.92 Å². The van der Waals surface area contributed by atoms with Gasteiger partial charge in [-0.25, -0.2) is 0 Å². The summed E-state index contributed by atoms with van der Waals surface area (Å²) in [5, 5.41) is 7.73. The number of hydrogen-bond donors (Lipinski definition) is 0. The number of aromatic nitrogens is 2. The van der Waals surface area contributed by atoms with Crippen LogP contribution in [-0.2, 0) is 14.3 Å². The van der Waals surface area contributed by atoms with E-state index in [-0.39, 0.29) is 18.3 Å². The Bertz CT molecular complexity index is 576. The van der Waals surface area contributed by atoms with E-state index in [1.54, 1.807) is 13.2 Å². The van der Waals surface area contributed by atoms with Crippen molar-refractivity contribution in [1.29, 1.82) is 0 Å². The van der Waals surface area contributed by atoms with E-state index in [4.69, 9.17) is 18.5 Å². The van der Waals surface area contributed by atoms with Gasteiger partial charge in [-0.15, -0.1) is 0 Å². The average molecular weight is 294 g/mol. The van der Waals surface area contributed by atoms with Gasteiger partial charge in [0, 0.05) is 31.3 Å². The highest BCUT2D eigenvalue weighted by Crippen LogP contribution is 2.32. The Morgan fingerprint density at radius 3 is 2.81 bits per heavy atom. The van der Waals surface area contributed by atoms with Crippen LogP contribution in [0.3, 0.4) is 0 Å². The van der Waals surface area contributed by atoms with Crippen molar-refractivity contribution in [3.8, 4) is 11.5 Å². The van der Waals surface area contributed by atoms with E-state index in [9.17, 15) is 4.79 Å². The number of ether oxygens (including phenoxy) is 2. The number of carbonyl (C=O) groups excluding carboxylic acids is 1. The molecule has 0 saturated heterocycles. The van der Waals surface area contributed by atoms with Gasteiger partial charge in [-0.1, -0.05) is 10.3 Å². The van der Waals surface area contributed by atoms with Gasteiger partial charge in [0.25, 0.3) is 0 Å². The second-order valence-electron chi connectivity index (χ2n) is 4.66. The van der Waals surface area contributed by atoms with E-state index in [1.807, 2.05) is 6.92 Å². The number of rotatable bonds is 7. The SMILES string of the molecule is COCCC(CC(=O)OC)c1noc(-c2ccno2)c1C. The molecule has 0 saturated carbocycles. The molecule has 2 aromatic rings. The molecule has 0 aromatic carbocycles. The van der Waals surface area contributed by atoms with E-state index >= 15 is 0 Å². The van der Waals surface area contributed by atoms with E-state index in [2.05, 4.69) is 10.3 Å². The maximum atomic E-state index is 11.6. The summed E-state index contributed by atoms with van der Waals surface area (Å²) in [4.78, 5) is 11.6. The fourth-order valence-electron chi connectivity index (χ4n) is 2.17. The average Bonchev–Trinajstić information content (AvgIpc) is 3.12. The lowest BCUT2D eigenvalue weighted by Crippen LogP contribution is -2.12. The molecular weight excluding hydrogens is 276 g/mol. The number of hydrogen-bond acceptors (Lipinski definition) is 7. The Morgan fingerprint density at radius 1 is 1.38 bits per heavy atom. The molecule has 7 heteroatoms. The Kier molecular flexibility index (Phi) is 5.10. The van der Waals surface area contributed by atoms with Crippen molar-refractivity contribution >= 4 is 5.97 Å². The van der Waals surface area contributed by atoms with Crippen LogP contribution in [0.5, 0.6) is 0 Å². The molecule has 7 nitrogen and oxygen atoms in total. The summed E-state index contributed by atoms with van der Waals surface area (Å²) >= 11 is 0. The van der Waals surface area contributed by atoms with Gasteiger partial charge in [-0.2, -0.15) is 0 Å². The van der Waals surface area contributed by atoms with Crippen molar-refractivity contribution in [1.82, 2.24) is 10.3 Å². The van der Waals surface area contributed by atoms with Gasteiger partial charge in [-0.05, 0) is 13.3 Å². The van der Waals surface area contributed by atoms with E-state index in [0.717, 1.165) is 5.56 Å². The fraction of sp³-hybridized carbons (Fsp3) is 0.500. The quantitative estimate of drug-likeness (QED) is 0.724. The fourth-order valence-corrected chi connectivity index (χ4v) is 2.17. The van der Waals surface area contributed by atoms with E-state index in [1.165, 1.54) is 13.3 Å². The molecule has 114 valence electrons. The molecule has 0 radical (unpaired) electrons. The van der Waals surface area contributed by atoms with Gasteiger partial charge in [0.05, 0.1) is 25.4 Å². The second-order valence-corrected chi connectivity index (χ2v) is 4.66. The standard InChI is InChI=1S/C14H18N2O5/c1-9-13(10(5-7-18-2)8-12(17)19-3)16-21-14(9)11-4-6-15-20-11/h4,6,10H,5,7-8H2,1-3H3. The van der Waals surface area contributed by atoms with Crippen molar-refractivity contribution in [3.05, 3.63) is 23.5 Å². The molecule has 0 aliphatic carbocycles. The zero-order chi connectivity index (χ0) is 15.2. The van der Waals surface area contributed by atoms with Gasteiger partial charge in [-0.3, -0.25) is 4.79 Å². The zero-order valence-corrected chi connectivity index (χ0v) is 12.3. The lowest BCUT2D eigenvalue weighted by atomic mass is 9.94. The maximum Gasteiger partial charge on any atom is 0.306 e. The molecule has 0 bridgehead atoms. The van der Waals surface area contributed by atoms with Crippen LogP contribution in [0.2, 0.25) is 0 Å². The molecule has 0 aliphatic heterocycles. The summed E-state index contributed by atoms with van der Waals surface area (Å²) < 4.78 is 20.2.